The smallest absolute Gasteiger partial charge is 0.311 e. The number of thiophene rings is 2. The highest BCUT2D eigenvalue weighted by molar-refractivity contribution is 7.34. The molecule has 6 aliphatic rings. The molecule has 0 saturated carbocycles. The lowest BCUT2D eigenvalue weighted by Gasteiger charge is -2.48. The number of rotatable bonds is 6. The standard InChI is InChI=1S/C87H46B3F15N6S2/c91-83(92,93)47-31-33-74-58(35-47)79-81(112-74)89-62-43-60-64(45-66(62)108(54-23-11-3-12-24-54)70-39-50(86(100,101)102)41-72(77(70)89)110(79)56-27-15-5-16-28-56)106(52-19-7-1-8-20-52)68-37-49(85(97,98)99)38-69-76(68)88(60)61-44-63-67(46-65(61)107(69)53-21-9-2-10-22-53)109(55-25-13-4-14-26-55)71-40-51(87(103,104)105)42-73-78(71)90(63)82-80(111(73)57-29-17-6-18-30-57)59-36-48(84(94,95)96)32-34-75(59)113-82/h1-46H. The van der Waals surface area contributed by atoms with Gasteiger partial charge in [-0.1, -0.05) is 121 Å². The number of fused-ring (bicyclic) bond motifs is 16. The highest BCUT2D eigenvalue weighted by Gasteiger charge is 2.55. The molecule has 0 atom stereocenters. The van der Waals surface area contributed by atoms with Crippen LogP contribution < -0.4 is 77.2 Å². The van der Waals surface area contributed by atoms with Crippen LogP contribution in [0.15, 0.2) is 279 Å². The van der Waals surface area contributed by atoms with E-state index in [2.05, 4.69) is 0 Å². The summed E-state index contributed by atoms with van der Waals surface area (Å²) in [6.07, 6.45) is -24.9. The van der Waals surface area contributed by atoms with Crippen LogP contribution in [0.1, 0.15) is 27.8 Å². The first-order valence-corrected chi connectivity index (χ1v) is 37.4. The quantitative estimate of drug-likeness (QED) is 0.121. The summed E-state index contributed by atoms with van der Waals surface area (Å²) in [6.45, 7) is -3.39. The average molecular weight is 1560 g/mol. The fraction of sp³-hybridized carbons (Fsp3) is 0.0575. The number of hydrogen-bond acceptors (Lipinski definition) is 8. The third-order valence-electron chi connectivity index (χ3n) is 22.4. The van der Waals surface area contributed by atoms with E-state index in [1.54, 1.807) is 224 Å². The normalized spacial score (nSPS) is 14.5. The van der Waals surface area contributed by atoms with Gasteiger partial charge in [0, 0.05) is 121 Å². The van der Waals surface area contributed by atoms with Gasteiger partial charge in [0.1, 0.15) is 0 Å². The Morgan fingerprint density at radius 1 is 0.212 bits per heavy atom. The van der Waals surface area contributed by atoms with Crippen LogP contribution in [0.4, 0.5) is 168 Å². The van der Waals surface area contributed by atoms with Gasteiger partial charge in [-0.05, 0) is 196 Å². The van der Waals surface area contributed by atoms with Crippen LogP contribution in [-0.2, 0) is 30.9 Å². The lowest BCUT2D eigenvalue weighted by molar-refractivity contribution is -0.138. The molecule has 0 spiro atoms. The van der Waals surface area contributed by atoms with Gasteiger partial charge in [-0.15, -0.1) is 22.7 Å². The summed E-state index contributed by atoms with van der Waals surface area (Å²) in [5.41, 5.74) is 1.30. The molecule has 0 radical (unpaired) electrons. The number of anilines is 18. The maximum atomic E-state index is 16.6. The number of nitrogens with zero attached hydrogens (tertiary/aromatic N) is 6. The van der Waals surface area contributed by atoms with Crippen molar-refractivity contribution in [1.29, 1.82) is 0 Å². The molecule has 6 aliphatic heterocycles. The molecule has 0 N–H and O–H groups in total. The summed E-state index contributed by atoms with van der Waals surface area (Å²) in [5.74, 6) is 0. The van der Waals surface area contributed by atoms with Crippen LogP contribution in [0.25, 0.3) is 20.2 Å². The molecule has 2 aromatic heterocycles. The van der Waals surface area contributed by atoms with E-state index >= 15 is 65.9 Å². The minimum atomic E-state index is -5.06. The van der Waals surface area contributed by atoms with Crippen molar-refractivity contribution in [3.8, 4) is 0 Å². The van der Waals surface area contributed by atoms with E-state index in [9.17, 15) is 0 Å². The van der Waals surface area contributed by atoms with Gasteiger partial charge in [0.15, 0.2) is 0 Å². The summed E-state index contributed by atoms with van der Waals surface area (Å²) >= 11 is 2.36. The second-order valence-corrected chi connectivity index (χ2v) is 30.8. The summed E-state index contributed by atoms with van der Waals surface area (Å²) in [7, 11) is 0. The van der Waals surface area contributed by atoms with E-state index in [0.717, 1.165) is 60.7 Å². The molecule has 0 fully saturated rings. The van der Waals surface area contributed by atoms with Crippen molar-refractivity contribution >= 4 is 213 Å². The van der Waals surface area contributed by atoms with Crippen molar-refractivity contribution in [2.24, 2.45) is 0 Å². The number of benzene rings is 13. The highest BCUT2D eigenvalue weighted by Crippen LogP contribution is 2.57. The number of alkyl halides is 15. The third kappa shape index (κ3) is 10.3. The molecule has 113 heavy (non-hydrogen) atoms. The van der Waals surface area contributed by atoms with E-state index in [-0.39, 0.29) is 79.0 Å². The van der Waals surface area contributed by atoms with E-state index in [1.165, 1.54) is 34.8 Å². The molecule has 26 heteroatoms. The van der Waals surface area contributed by atoms with Gasteiger partial charge >= 0.3 is 30.9 Å². The molecule has 0 unspecified atom stereocenters. The number of hydrogen-bond donors (Lipinski definition) is 0. The van der Waals surface area contributed by atoms with Gasteiger partial charge in [-0.25, -0.2) is 0 Å². The Balaban J connectivity index is 0.924. The molecule has 13 aromatic carbocycles. The maximum absolute atomic E-state index is 16.6. The third-order valence-corrected chi connectivity index (χ3v) is 24.8. The van der Waals surface area contributed by atoms with Gasteiger partial charge in [0.05, 0.1) is 39.2 Å². The largest absolute Gasteiger partial charge is 0.416 e. The van der Waals surface area contributed by atoms with Crippen LogP contribution in [0.2, 0.25) is 0 Å². The zero-order chi connectivity index (χ0) is 77.4. The molecule has 0 saturated heterocycles. The maximum Gasteiger partial charge on any atom is 0.416 e. The predicted octanol–water partition coefficient (Wildman–Crippen LogP) is 21.5. The first-order chi connectivity index (χ1) is 54.2. The molecule has 550 valence electrons. The second kappa shape index (κ2) is 24.1. The van der Waals surface area contributed by atoms with E-state index < -0.39 is 78.8 Å². The van der Waals surface area contributed by atoms with Crippen LogP contribution in [-0.4, -0.2) is 20.1 Å². The SMILES string of the molecule is FC(F)(F)c1cc2c3c(c1)N(c1ccccc1)c1cc4c(cc1B3c1cc3c(cc1N2c1ccccc1)N(c1ccccc1)c1cc(C(F)(F)F)cc2c1B3c1sc3ccc(C(F)(F)F)cc3c1N2c1ccccc1)B1c2sc3ccc(C(F)(F)F)cc3c2N(c2ccccc2)c2cc(C(F)(F)F)cc(c21)N4c1ccccc1. The minimum absolute atomic E-state index is 0.00447. The van der Waals surface area contributed by atoms with Crippen molar-refractivity contribution in [2.75, 3.05) is 29.4 Å². The first-order valence-electron chi connectivity index (χ1n) is 35.7. The van der Waals surface area contributed by atoms with E-state index in [4.69, 9.17) is 0 Å². The molecule has 15 aromatic rings. The Morgan fingerprint density at radius 3 is 0.699 bits per heavy atom. The van der Waals surface area contributed by atoms with Gasteiger partial charge in [-0.3, -0.25) is 0 Å². The Labute approximate surface area is 642 Å². The van der Waals surface area contributed by atoms with Crippen molar-refractivity contribution in [3.05, 3.63) is 307 Å². The Kier molecular flexibility index (Phi) is 14.7. The molecule has 8 heterocycles. The summed E-state index contributed by atoms with van der Waals surface area (Å²) < 4.78 is 241. The minimum Gasteiger partial charge on any atom is -0.311 e. The fourth-order valence-corrected chi connectivity index (χ4v) is 20.5. The van der Waals surface area contributed by atoms with Crippen LogP contribution >= 0.6 is 22.7 Å². The van der Waals surface area contributed by atoms with Gasteiger partial charge < -0.3 is 29.4 Å². The van der Waals surface area contributed by atoms with Crippen molar-refractivity contribution in [3.63, 3.8) is 0 Å². The van der Waals surface area contributed by atoms with Crippen LogP contribution in [0, 0.1) is 0 Å². The fourth-order valence-electron chi connectivity index (χ4n) is 17.9. The highest BCUT2D eigenvalue weighted by atomic mass is 32.1. The monoisotopic (exact) mass is 1560 g/mol. The Morgan fingerprint density at radius 2 is 0.442 bits per heavy atom. The lowest BCUT2D eigenvalue weighted by atomic mass is 9.30. The summed E-state index contributed by atoms with van der Waals surface area (Å²) in [6, 6.07) is 71.6. The van der Waals surface area contributed by atoms with Gasteiger partial charge in [0.2, 0.25) is 0 Å². The zero-order valence-electron chi connectivity index (χ0n) is 58.0. The lowest BCUT2D eigenvalue weighted by Crippen LogP contribution is -2.66. The van der Waals surface area contributed by atoms with Crippen molar-refractivity contribution in [2.45, 2.75) is 30.9 Å². The molecule has 0 aliphatic carbocycles. The molecule has 21 rings (SSSR count). The molecule has 0 amide bonds. The number of halogens is 15. The Hall–Kier alpha value is -12.3. The Bertz CT molecular complexity index is 6120. The zero-order valence-corrected chi connectivity index (χ0v) is 59.6. The van der Waals surface area contributed by atoms with Crippen LogP contribution in [0.5, 0.6) is 0 Å². The van der Waals surface area contributed by atoms with Crippen molar-refractivity contribution < 1.29 is 65.9 Å². The molecular formula is C87H46B3F15N6S2. The van der Waals surface area contributed by atoms with E-state index in [1.807, 2.05) is 12.1 Å². The van der Waals surface area contributed by atoms with Crippen LogP contribution in [0.3, 0.4) is 0 Å². The second-order valence-electron chi connectivity index (χ2n) is 28.6. The molecule has 6 nitrogen and oxygen atoms in total. The molecule has 0 bridgehead atoms. The van der Waals surface area contributed by atoms with Crippen molar-refractivity contribution in [1.82, 2.24) is 0 Å². The van der Waals surface area contributed by atoms with Gasteiger partial charge in [0.25, 0.3) is 20.1 Å². The first kappa shape index (κ1) is 68.7. The molecular weight excluding hydrogens is 1510 g/mol. The topological polar surface area (TPSA) is 19.4 Å². The van der Waals surface area contributed by atoms with Gasteiger partial charge in [-0.2, -0.15) is 65.9 Å². The summed E-state index contributed by atoms with van der Waals surface area (Å²) in [4.78, 5) is 10.00. The predicted molar refractivity (Wildman–Crippen MR) is 424 cm³/mol. The average Bonchev–Trinajstić information content (AvgIpc) is 1.46. The number of para-hydroxylation sites is 6. The van der Waals surface area contributed by atoms with E-state index in [0.29, 0.717) is 91.3 Å². The summed E-state index contributed by atoms with van der Waals surface area (Å²) in [5, 5.41) is 0.196.